The predicted octanol–water partition coefficient (Wildman–Crippen LogP) is 3.73. The number of piperazine rings is 1. The lowest BCUT2D eigenvalue weighted by atomic mass is 9.95. The number of anilines is 1. The zero-order chi connectivity index (χ0) is 30.0. The number of aliphatic hydroxyl groups is 1. The second kappa shape index (κ2) is 10.9. The SMILES string of the molecule is C=CC(O)N1C[C@H](C)N(c2nc(=O)n3c4c(c(-c5c(C)ccc6n[nH]nc56)c(Cl)cc24)OCC3CN2CCCC2)C[C@H]1C. The van der Waals surface area contributed by atoms with Gasteiger partial charge in [-0.15, -0.1) is 0 Å². The largest absolute Gasteiger partial charge is 0.488 e. The Morgan fingerprint density at radius 1 is 1.19 bits per heavy atom. The van der Waals surface area contributed by atoms with Gasteiger partial charge in [-0.1, -0.05) is 24.2 Å². The fourth-order valence-electron chi connectivity index (χ4n) is 7.19. The Morgan fingerprint density at radius 2 is 1.98 bits per heavy atom. The predicted molar refractivity (Wildman–Crippen MR) is 168 cm³/mol. The van der Waals surface area contributed by atoms with Gasteiger partial charge in [0.15, 0.2) is 5.75 Å². The van der Waals surface area contributed by atoms with Gasteiger partial charge in [-0.25, -0.2) is 4.79 Å². The average Bonchev–Trinajstić information content (AvgIpc) is 3.69. The number of aliphatic hydroxyl groups excluding tert-OH is 1. The molecular formula is C31H37ClN8O3. The van der Waals surface area contributed by atoms with E-state index in [0.717, 1.165) is 54.5 Å². The molecule has 7 rings (SSSR count). The van der Waals surface area contributed by atoms with Crippen LogP contribution in [0.15, 0.2) is 35.6 Å². The van der Waals surface area contributed by atoms with E-state index in [2.05, 4.69) is 45.6 Å². The highest BCUT2D eigenvalue weighted by Crippen LogP contribution is 2.48. The van der Waals surface area contributed by atoms with Gasteiger partial charge in [-0.3, -0.25) is 9.47 Å². The fraction of sp³-hybridized carbons (Fsp3) is 0.484. The number of nitrogens with zero attached hydrogens (tertiary/aromatic N) is 7. The highest BCUT2D eigenvalue weighted by Gasteiger charge is 2.37. The second-order valence-electron chi connectivity index (χ2n) is 12.2. The Balaban J connectivity index is 1.46. The summed E-state index contributed by atoms with van der Waals surface area (Å²) >= 11 is 7.18. The summed E-state index contributed by atoms with van der Waals surface area (Å²) in [5, 5.41) is 23.3. The maximum atomic E-state index is 14.1. The quantitative estimate of drug-likeness (QED) is 0.318. The third-order valence-corrected chi connectivity index (χ3v) is 9.65. The van der Waals surface area contributed by atoms with Crippen LogP contribution < -0.4 is 15.3 Å². The Morgan fingerprint density at radius 3 is 2.74 bits per heavy atom. The molecule has 226 valence electrons. The first-order chi connectivity index (χ1) is 20.8. The lowest BCUT2D eigenvalue weighted by Gasteiger charge is -2.46. The minimum Gasteiger partial charge on any atom is -0.488 e. The number of nitrogens with one attached hydrogen (secondary N) is 1. The van der Waals surface area contributed by atoms with Crippen molar-refractivity contribution in [3.05, 3.63) is 51.9 Å². The minimum atomic E-state index is -0.742. The van der Waals surface area contributed by atoms with E-state index in [4.69, 9.17) is 21.3 Å². The molecule has 2 unspecified atom stereocenters. The van der Waals surface area contributed by atoms with Crippen LogP contribution in [0.4, 0.5) is 5.82 Å². The lowest BCUT2D eigenvalue weighted by molar-refractivity contribution is 0.0000436. The third-order valence-electron chi connectivity index (χ3n) is 9.35. The lowest BCUT2D eigenvalue weighted by Crippen LogP contribution is -2.59. The molecular weight excluding hydrogens is 568 g/mol. The number of H-pyrrole nitrogens is 1. The van der Waals surface area contributed by atoms with Gasteiger partial charge >= 0.3 is 5.69 Å². The van der Waals surface area contributed by atoms with Crippen molar-refractivity contribution in [1.29, 1.82) is 0 Å². The molecule has 11 nitrogen and oxygen atoms in total. The molecule has 4 atom stereocenters. The molecule has 2 saturated heterocycles. The summed E-state index contributed by atoms with van der Waals surface area (Å²) in [6, 6.07) is 5.63. The van der Waals surface area contributed by atoms with E-state index < -0.39 is 6.23 Å². The first-order valence-electron chi connectivity index (χ1n) is 15.0. The number of benzene rings is 2. The van der Waals surface area contributed by atoms with Crippen molar-refractivity contribution < 1.29 is 9.84 Å². The topological polar surface area (TPSA) is 116 Å². The molecule has 2 fully saturated rings. The molecule has 0 aliphatic carbocycles. The van der Waals surface area contributed by atoms with Crippen molar-refractivity contribution in [1.82, 2.24) is 34.8 Å². The maximum Gasteiger partial charge on any atom is 0.350 e. The highest BCUT2D eigenvalue weighted by atomic mass is 35.5. The molecule has 0 radical (unpaired) electrons. The number of likely N-dealkylation sites (tertiary alicyclic amines) is 1. The molecule has 0 amide bonds. The van der Waals surface area contributed by atoms with Crippen LogP contribution in [-0.4, -0.2) is 97.5 Å². The van der Waals surface area contributed by atoms with Gasteiger partial charge in [0, 0.05) is 48.2 Å². The standard InChI is InChI=1S/C31H37ClN8O3/c1-5-24(41)38-13-19(4)39(14-18(38)3)30-21-12-22(32)26(25-17(2)8-9-23-27(25)35-36-34-23)29-28(21)40(31(42)33-30)20(16-43-29)15-37-10-6-7-11-37/h5,8-9,12,18-20,24,41H,1,6-7,10-11,13-16H2,2-4H3,(H,34,35,36)/t18-,19+,20?,24?/m1/s1. The number of aryl methyl sites for hydroxylation is 1. The van der Waals surface area contributed by atoms with Crippen molar-refractivity contribution in [2.24, 2.45) is 0 Å². The van der Waals surface area contributed by atoms with Crippen molar-refractivity contribution in [2.75, 3.05) is 44.2 Å². The van der Waals surface area contributed by atoms with Gasteiger partial charge in [0.05, 0.1) is 16.6 Å². The number of hydrogen-bond acceptors (Lipinski definition) is 9. The van der Waals surface area contributed by atoms with Crippen molar-refractivity contribution in [3.63, 3.8) is 0 Å². The Hall–Kier alpha value is -3.51. The van der Waals surface area contributed by atoms with Crippen molar-refractivity contribution in [2.45, 2.75) is 58.0 Å². The molecule has 0 spiro atoms. The van der Waals surface area contributed by atoms with Gasteiger partial charge in [-0.05, 0) is 70.5 Å². The highest BCUT2D eigenvalue weighted by molar-refractivity contribution is 6.35. The number of aromatic amines is 1. The monoisotopic (exact) mass is 604 g/mol. The summed E-state index contributed by atoms with van der Waals surface area (Å²) in [4.78, 5) is 25.4. The van der Waals surface area contributed by atoms with Crippen LogP contribution in [0.1, 0.15) is 38.3 Å². The normalized spacial score (nSPS) is 23.7. The molecule has 2 N–H and O–H groups in total. The number of fused-ring (bicyclic) bond motifs is 1. The summed E-state index contributed by atoms with van der Waals surface area (Å²) < 4.78 is 8.48. The number of halogens is 1. The number of aromatic nitrogens is 5. The number of hydrogen-bond donors (Lipinski definition) is 2. The smallest absolute Gasteiger partial charge is 0.350 e. The van der Waals surface area contributed by atoms with Crippen LogP contribution >= 0.6 is 11.6 Å². The van der Waals surface area contributed by atoms with Gasteiger partial charge in [-0.2, -0.15) is 20.4 Å². The second-order valence-corrected chi connectivity index (χ2v) is 12.6. The molecule has 0 bridgehead atoms. The van der Waals surface area contributed by atoms with Gasteiger partial charge in [0.25, 0.3) is 0 Å². The summed E-state index contributed by atoms with van der Waals surface area (Å²) in [5.74, 6) is 1.15. The van der Waals surface area contributed by atoms with Gasteiger partial charge < -0.3 is 19.6 Å². The van der Waals surface area contributed by atoms with Gasteiger partial charge in [0.2, 0.25) is 0 Å². The third kappa shape index (κ3) is 4.61. The molecule has 12 heteroatoms. The molecule has 3 aliphatic heterocycles. The number of rotatable bonds is 6. The van der Waals surface area contributed by atoms with Crippen LogP contribution in [0, 0.1) is 6.92 Å². The first kappa shape index (κ1) is 28.3. The molecule has 4 aromatic rings. The summed E-state index contributed by atoms with van der Waals surface area (Å²) in [7, 11) is 0. The molecule has 0 saturated carbocycles. The van der Waals surface area contributed by atoms with E-state index in [1.54, 1.807) is 6.08 Å². The van der Waals surface area contributed by atoms with Gasteiger partial charge in [0.1, 0.15) is 29.7 Å². The van der Waals surface area contributed by atoms with Crippen molar-refractivity contribution in [3.8, 4) is 16.9 Å². The Kier molecular flexibility index (Phi) is 7.16. The van der Waals surface area contributed by atoms with E-state index in [1.807, 2.05) is 34.6 Å². The maximum absolute atomic E-state index is 14.1. The molecule has 5 heterocycles. The van der Waals surface area contributed by atoms with Crippen LogP contribution in [0.3, 0.4) is 0 Å². The van der Waals surface area contributed by atoms with Crippen LogP contribution in [0.5, 0.6) is 5.75 Å². The van der Waals surface area contributed by atoms with Crippen molar-refractivity contribution >= 4 is 39.4 Å². The zero-order valence-corrected chi connectivity index (χ0v) is 25.5. The van der Waals surface area contributed by atoms with E-state index in [9.17, 15) is 9.90 Å². The summed E-state index contributed by atoms with van der Waals surface area (Å²) in [6.45, 7) is 14.2. The fourth-order valence-corrected chi connectivity index (χ4v) is 7.48. The van der Waals surface area contributed by atoms with E-state index in [-0.39, 0.29) is 23.8 Å². The molecule has 2 aromatic carbocycles. The van der Waals surface area contributed by atoms with Crippen LogP contribution in [-0.2, 0) is 0 Å². The summed E-state index contributed by atoms with van der Waals surface area (Å²) in [5.41, 5.74) is 4.34. The Labute approximate surface area is 254 Å². The van der Waals surface area contributed by atoms with E-state index >= 15 is 0 Å². The van der Waals surface area contributed by atoms with Crippen LogP contribution in [0.2, 0.25) is 5.02 Å². The zero-order valence-electron chi connectivity index (χ0n) is 24.8. The number of ether oxygens (including phenoxy) is 1. The van der Waals surface area contributed by atoms with E-state index in [0.29, 0.717) is 52.9 Å². The minimum absolute atomic E-state index is 0.00261. The summed E-state index contributed by atoms with van der Waals surface area (Å²) in [6.07, 6.45) is 3.13. The van der Waals surface area contributed by atoms with E-state index in [1.165, 1.54) is 0 Å². The Bertz CT molecular complexity index is 1780. The molecule has 43 heavy (non-hydrogen) atoms. The molecule has 3 aliphatic rings. The average molecular weight is 605 g/mol. The first-order valence-corrected chi connectivity index (χ1v) is 15.4. The van der Waals surface area contributed by atoms with Crippen LogP contribution in [0.25, 0.3) is 33.1 Å². The molecule has 2 aromatic heterocycles.